The second kappa shape index (κ2) is 29.0. The molecule has 0 unspecified atom stereocenters. The Hall–Kier alpha value is -10.6. The lowest BCUT2D eigenvalue weighted by Crippen LogP contribution is -2.11. The first-order chi connectivity index (χ1) is 44.3. The average Bonchev–Trinajstić information content (AvgIpc) is 0.839. The molecule has 0 atom stereocenters. The van der Waals surface area contributed by atoms with Crippen LogP contribution in [-0.4, -0.2) is 25.2 Å². The lowest BCUT2D eigenvalue weighted by molar-refractivity contribution is 0.0723. The quantitative estimate of drug-likeness (QED) is 0.0185. The standard InChI is InChI=1S/C80H70N4O6/c1-3-5-7-9-15-53-87-67-43-39-65(40-44-67)83-81-63-35-29-57(30-36-63)55-21-25-61(26-22-55)79(85)89-75-51-49-71-69-19-13-11-17-59(69)33-47-73(71)77(75)78-74-48-34-60-18-12-14-20-70(60)72(74)50-52-76(78)90-80(86)62-27-23-56(24-28-62)58-31-37-64(38-32-58)82-84-66-41-45-68(46-42-66)88-54-16-10-8-6-4-2/h11-14,17-52H,3-10,15-16,53-54H2,1-2H3. The van der Waals surface area contributed by atoms with E-state index >= 15 is 0 Å². The van der Waals surface area contributed by atoms with Crippen molar-refractivity contribution in [1.29, 1.82) is 0 Å². The van der Waals surface area contributed by atoms with E-state index in [1.807, 2.05) is 170 Å². The van der Waals surface area contributed by atoms with Gasteiger partial charge in [-0.1, -0.05) is 199 Å². The molecule has 0 aliphatic rings. The van der Waals surface area contributed by atoms with E-state index in [1.54, 1.807) is 24.3 Å². The summed E-state index contributed by atoms with van der Waals surface area (Å²) in [7, 11) is 0. The minimum Gasteiger partial charge on any atom is -0.494 e. The molecule has 0 saturated carbocycles. The molecule has 0 aromatic heterocycles. The van der Waals surface area contributed by atoms with Crippen molar-refractivity contribution in [3.05, 3.63) is 254 Å². The van der Waals surface area contributed by atoms with Crippen LogP contribution >= 0.6 is 0 Å². The highest BCUT2D eigenvalue weighted by atomic mass is 16.5. The Balaban J connectivity index is 0.782. The van der Waals surface area contributed by atoms with Gasteiger partial charge in [-0.15, -0.1) is 0 Å². The zero-order chi connectivity index (χ0) is 61.4. The largest absolute Gasteiger partial charge is 0.494 e. The van der Waals surface area contributed by atoms with E-state index in [4.69, 9.17) is 18.9 Å². The zero-order valence-corrected chi connectivity index (χ0v) is 50.8. The van der Waals surface area contributed by atoms with Gasteiger partial charge in [0.05, 0.1) is 47.1 Å². The number of hydrogen-bond donors (Lipinski definition) is 0. The lowest BCUT2D eigenvalue weighted by atomic mass is 9.89. The van der Waals surface area contributed by atoms with E-state index in [0.717, 1.165) is 101 Å². The SMILES string of the molecule is CCCCCCCOc1ccc(N=Nc2ccc(-c3ccc(C(=O)Oc4ccc5c(ccc6ccccc65)c4-c4c(OC(=O)c5ccc(-c6ccc(N=Nc7ccc(OCCCCCCC)cc7)cc6)cc5)ccc5c4ccc4ccccc45)cc3)cc2)cc1. The highest BCUT2D eigenvalue weighted by Gasteiger charge is 2.25. The molecule has 0 heterocycles. The maximum Gasteiger partial charge on any atom is 0.343 e. The van der Waals surface area contributed by atoms with Crippen molar-refractivity contribution >= 4 is 77.8 Å². The first-order valence-electron chi connectivity index (χ1n) is 31.4. The molecule has 0 aliphatic carbocycles. The lowest BCUT2D eigenvalue weighted by Gasteiger charge is -2.20. The van der Waals surface area contributed by atoms with Gasteiger partial charge < -0.3 is 18.9 Å². The predicted molar refractivity (Wildman–Crippen MR) is 365 cm³/mol. The third-order valence-corrected chi connectivity index (χ3v) is 16.3. The molecular formula is C80H70N4O6. The number of unbranched alkanes of at least 4 members (excludes halogenated alkanes) is 8. The molecule has 12 aromatic rings. The molecule has 12 aromatic carbocycles. The minimum atomic E-state index is -0.542. The summed E-state index contributed by atoms with van der Waals surface area (Å²) in [6.07, 6.45) is 12.0. The van der Waals surface area contributed by atoms with Gasteiger partial charge in [0.2, 0.25) is 0 Å². The Morgan fingerprint density at radius 3 is 0.989 bits per heavy atom. The fourth-order valence-corrected chi connectivity index (χ4v) is 11.4. The van der Waals surface area contributed by atoms with Gasteiger partial charge in [0.25, 0.3) is 0 Å². The average molecular weight is 1180 g/mol. The number of benzene rings is 12. The normalized spacial score (nSPS) is 11.5. The molecule has 90 heavy (non-hydrogen) atoms. The van der Waals surface area contributed by atoms with Crippen LogP contribution in [0.5, 0.6) is 23.0 Å². The molecule has 0 radical (unpaired) electrons. The number of ether oxygens (including phenoxy) is 4. The molecule has 446 valence electrons. The first-order valence-corrected chi connectivity index (χ1v) is 31.4. The minimum absolute atomic E-state index is 0.312. The fraction of sp³-hybridized carbons (Fsp3) is 0.175. The van der Waals surface area contributed by atoms with Crippen molar-refractivity contribution in [3.63, 3.8) is 0 Å². The Labute approximate surface area is 525 Å². The van der Waals surface area contributed by atoms with Gasteiger partial charge in [-0.25, -0.2) is 9.59 Å². The molecule has 10 heteroatoms. The topological polar surface area (TPSA) is 121 Å². The van der Waals surface area contributed by atoms with Gasteiger partial charge in [0, 0.05) is 11.1 Å². The van der Waals surface area contributed by atoms with Crippen LogP contribution in [0.2, 0.25) is 0 Å². The highest BCUT2D eigenvalue weighted by molar-refractivity contribution is 6.20. The smallest absolute Gasteiger partial charge is 0.343 e. The first kappa shape index (κ1) is 59.7. The van der Waals surface area contributed by atoms with Crippen LogP contribution in [-0.2, 0) is 0 Å². The van der Waals surface area contributed by atoms with E-state index in [0.29, 0.717) is 58.3 Å². The highest BCUT2D eigenvalue weighted by Crippen LogP contribution is 2.48. The van der Waals surface area contributed by atoms with Gasteiger partial charge in [0.1, 0.15) is 23.0 Å². The third kappa shape index (κ3) is 14.4. The number of fused-ring (bicyclic) bond motifs is 6. The van der Waals surface area contributed by atoms with Gasteiger partial charge in [0.15, 0.2) is 0 Å². The summed E-state index contributed by atoms with van der Waals surface area (Å²) >= 11 is 0. The zero-order valence-electron chi connectivity index (χ0n) is 50.8. The Morgan fingerprint density at radius 1 is 0.300 bits per heavy atom. The Morgan fingerprint density at radius 2 is 0.622 bits per heavy atom. The van der Waals surface area contributed by atoms with Crippen LogP contribution < -0.4 is 18.9 Å². The van der Waals surface area contributed by atoms with Crippen molar-refractivity contribution in [2.75, 3.05) is 13.2 Å². The second-order valence-electron chi connectivity index (χ2n) is 22.6. The van der Waals surface area contributed by atoms with Crippen molar-refractivity contribution < 1.29 is 28.5 Å². The molecule has 0 bridgehead atoms. The predicted octanol–water partition coefficient (Wildman–Crippen LogP) is 23.3. The van der Waals surface area contributed by atoms with Crippen molar-refractivity contribution in [2.45, 2.75) is 78.1 Å². The number of hydrogen-bond acceptors (Lipinski definition) is 10. The molecule has 12 rings (SSSR count). The van der Waals surface area contributed by atoms with Crippen LogP contribution in [0.1, 0.15) is 98.8 Å². The van der Waals surface area contributed by atoms with E-state index in [9.17, 15) is 9.59 Å². The number of esters is 2. The number of nitrogens with zero attached hydrogens (tertiary/aromatic N) is 4. The van der Waals surface area contributed by atoms with Gasteiger partial charge >= 0.3 is 11.9 Å². The maximum atomic E-state index is 14.6. The molecule has 0 saturated heterocycles. The molecule has 0 aliphatic heterocycles. The number of rotatable bonds is 25. The van der Waals surface area contributed by atoms with E-state index in [2.05, 4.69) is 82.8 Å². The number of azo groups is 2. The van der Waals surface area contributed by atoms with Crippen LogP contribution in [0, 0.1) is 0 Å². The number of carbonyl (C=O) groups is 2. The summed E-state index contributed by atoms with van der Waals surface area (Å²) in [5, 5.41) is 25.6. The third-order valence-electron chi connectivity index (χ3n) is 16.3. The molecule has 0 spiro atoms. The summed E-state index contributed by atoms with van der Waals surface area (Å²) in [6, 6.07) is 78.1. The summed E-state index contributed by atoms with van der Waals surface area (Å²) in [5.41, 5.74) is 8.59. The van der Waals surface area contributed by atoms with Crippen LogP contribution in [0.3, 0.4) is 0 Å². The van der Waals surface area contributed by atoms with Crippen molar-refractivity contribution in [2.24, 2.45) is 20.5 Å². The van der Waals surface area contributed by atoms with Crippen LogP contribution in [0.25, 0.3) is 76.5 Å². The van der Waals surface area contributed by atoms with E-state index < -0.39 is 11.9 Å². The van der Waals surface area contributed by atoms with Gasteiger partial charge in [-0.3, -0.25) is 0 Å². The van der Waals surface area contributed by atoms with Crippen molar-refractivity contribution in [3.8, 4) is 56.4 Å². The van der Waals surface area contributed by atoms with Gasteiger partial charge in [-0.05, 0) is 187 Å². The Kier molecular flexibility index (Phi) is 19.2. The molecule has 0 amide bonds. The summed E-state index contributed by atoms with van der Waals surface area (Å²) in [4.78, 5) is 29.1. The van der Waals surface area contributed by atoms with Crippen molar-refractivity contribution in [1.82, 2.24) is 0 Å². The van der Waals surface area contributed by atoms with Crippen LogP contribution in [0.15, 0.2) is 263 Å². The maximum absolute atomic E-state index is 14.6. The summed E-state index contributed by atoms with van der Waals surface area (Å²) in [5.74, 6) is 1.20. The molecular weight excluding hydrogens is 1110 g/mol. The van der Waals surface area contributed by atoms with Crippen LogP contribution in [0.4, 0.5) is 22.7 Å². The molecule has 0 fully saturated rings. The van der Waals surface area contributed by atoms with E-state index in [1.165, 1.54) is 51.4 Å². The van der Waals surface area contributed by atoms with Gasteiger partial charge in [-0.2, -0.15) is 20.5 Å². The number of carbonyl (C=O) groups excluding carboxylic acids is 2. The summed E-state index contributed by atoms with van der Waals surface area (Å²) in [6.45, 7) is 5.86. The summed E-state index contributed by atoms with van der Waals surface area (Å²) < 4.78 is 24.9. The molecule has 0 N–H and O–H groups in total. The van der Waals surface area contributed by atoms with E-state index in [-0.39, 0.29) is 0 Å². The monoisotopic (exact) mass is 1180 g/mol. The fourth-order valence-electron chi connectivity index (χ4n) is 11.4. The molecule has 10 nitrogen and oxygen atoms in total. The Bertz CT molecular complexity index is 4210. The second-order valence-corrected chi connectivity index (χ2v) is 22.6.